The third-order valence-electron chi connectivity index (χ3n) is 4.28. The Balaban J connectivity index is 1.59. The van der Waals surface area contributed by atoms with Crippen molar-refractivity contribution in [2.24, 2.45) is 0 Å². The van der Waals surface area contributed by atoms with Crippen LogP contribution in [0.5, 0.6) is 0 Å². The average molecular weight is 356 g/mol. The van der Waals surface area contributed by atoms with E-state index < -0.39 is 0 Å². The monoisotopic (exact) mass is 356 g/mol. The lowest BCUT2D eigenvalue weighted by Crippen LogP contribution is -2.45. The largest absolute Gasteiger partial charge is 0.354 e. The van der Waals surface area contributed by atoms with Crippen molar-refractivity contribution in [1.29, 1.82) is 0 Å². The molecule has 1 aliphatic rings. The molecule has 1 amide bonds. The Morgan fingerprint density at radius 1 is 1.28 bits per heavy atom. The molecule has 0 aliphatic carbocycles. The van der Waals surface area contributed by atoms with Crippen LogP contribution in [0.4, 0.5) is 5.82 Å². The average Bonchev–Trinajstić information content (AvgIpc) is 3.04. The van der Waals surface area contributed by atoms with Gasteiger partial charge in [-0.15, -0.1) is 11.3 Å². The van der Waals surface area contributed by atoms with Crippen LogP contribution in [-0.4, -0.2) is 49.0 Å². The molecular formula is C19H24N4OS. The lowest BCUT2D eigenvalue weighted by Gasteiger charge is -2.34. The first kappa shape index (κ1) is 17.6. The zero-order valence-corrected chi connectivity index (χ0v) is 15.6. The first-order valence-electron chi connectivity index (χ1n) is 8.51. The van der Waals surface area contributed by atoms with Crippen molar-refractivity contribution in [2.45, 2.75) is 13.5 Å². The van der Waals surface area contributed by atoms with Gasteiger partial charge in [0.2, 0.25) is 5.91 Å². The second-order valence-corrected chi connectivity index (χ2v) is 7.60. The molecule has 2 aromatic rings. The van der Waals surface area contributed by atoms with Gasteiger partial charge < -0.3 is 15.1 Å². The number of carbonyl (C=O) groups is 1. The van der Waals surface area contributed by atoms with Gasteiger partial charge in [0, 0.05) is 60.3 Å². The van der Waals surface area contributed by atoms with Crippen LogP contribution in [0.2, 0.25) is 0 Å². The summed E-state index contributed by atoms with van der Waals surface area (Å²) in [7, 11) is 2.14. The zero-order valence-electron chi connectivity index (χ0n) is 14.7. The second-order valence-electron chi connectivity index (χ2n) is 6.28. The van der Waals surface area contributed by atoms with Gasteiger partial charge >= 0.3 is 0 Å². The van der Waals surface area contributed by atoms with Crippen LogP contribution in [0, 0.1) is 6.92 Å². The Morgan fingerprint density at radius 3 is 2.80 bits per heavy atom. The first-order chi connectivity index (χ1) is 12.1. The lowest BCUT2D eigenvalue weighted by atomic mass is 10.2. The van der Waals surface area contributed by atoms with E-state index in [0.717, 1.165) is 42.4 Å². The number of aromatic nitrogens is 1. The molecule has 0 saturated carbocycles. The molecule has 1 aliphatic heterocycles. The van der Waals surface area contributed by atoms with Crippen LogP contribution < -0.4 is 10.2 Å². The van der Waals surface area contributed by atoms with Gasteiger partial charge in [-0.05, 0) is 38.2 Å². The zero-order chi connectivity index (χ0) is 17.6. The highest BCUT2D eigenvalue weighted by Gasteiger charge is 2.17. The van der Waals surface area contributed by atoms with Crippen LogP contribution in [0.3, 0.4) is 0 Å². The molecule has 0 aromatic carbocycles. The fraction of sp³-hybridized carbons (Fsp3) is 0.368. The van der Waals surface area contributed by atoms with Crippen LogP contribution in [0.25, 0.3) is 6.08 Å². The third kappa shape index (κ3) is 4.90. The van der Waals surface area contributed by atoms with Gasteiger partial charge in [-0.3, -0.25) is 4.79 Å². The summed E-state index contributed by atoms with van der Waals surface area (Å²) in [5.74, 6) is 0.896. The molecule has 0 radical (unpaired) electrons. The summed E-state index contributed by atoms with van der Waals surface area (Å²) in [5.41, 5.74) is 1.06. The number of hydrogen-bond donors (Lipinski definition) is 1. The summed E-state index contributed by atoms with van der Waals surface area (Å²) in [6.45, 7) is 6.54. The molecule has 6 heteroatoms. The Bertz CT molecular complexity index is 747. The SMILES string of the molecule is Cc1ccc(/C=C/C(=O)NCc2cccnc2N2CCN(C)CC2)s1. The fourth-order valence-corrected chi connectivity index (χ4v) is 3.59. The van der Waals surface area contributed by atoms with Crippen LogP contribution in [0.15, 0.2) is 36.5 Å². The van der Waals surface area contributed by atoms with Gasteiger partial charge in [-0.2, -0.15) is 0 Å². The Morgan fingerprint density at radius 2 is 2.08 bits per heavy atom. The van der Waals surface area contributed by atoms with Gasteiger partial charge in [-0.25, -0.2) is 4.98 Å². The quantitative estimate of drug-likeness (QED) is 0.837. The molecule has 1 saturated heterocycles. The van der Waals surface area contributed by atoms with Crippen LogP contribution >= 0.6 is 11.3 Å². The molecule has 3 rings (SSSR count). The summed E-state index contributed by atoms with van der Waals surface area (Å²) in [4.78, 5) is 23.6. The molecule has 0 spiro atoms. The first-order valence-corrected chi connectivity index (χ1v) is 9.33. The van der Waals surface area contributed by atoms with Crippen molar-refractivity contribution < 1.29 is 4.79 Å². The Kier molecular flexibility index (Phi) is 5.83. The van der Waals surface area contributed by atoms with E-state index in [0.29, 0.717) is 6.54 Å². The maximum atomic E-state index is 12.1. The minimum absolute atomic E-state index is 0.0840. The molecule has 1 N–H and O–H groups in total. The highest BCUT2D eigenvalue weighted by molar-refractivity contribution is 7.12. The molecule has 2 aromatic heterocycles. The van der Waals surface area contributed by atoms with Crippen molar-refractivity contribution >= 4 is 29.1 Å². The number of amides is 1. The topological polar surface area (TPSA) is 48.5 Å². The van der Waals surface area contributed by atoms with Gasteiger partial charge in [0.05, 0.1) is 0 Å². The molecule has 1 fully saturated rings. The van der Waals surface area contributed by atoms with Crippen molar-refractivity contribution in [3.8, 4) is 0 Å². The van der Waals surface area contributed by atoms with E-state index in [4.69, 9.17) is 0 Å². The Hall–Kier alpha value is -2.18. The molecule has 3 heterocycles. The van der Waals surface area contributed by atoms with Gasteiger partial charge in [-0.1, -0.05) is 6.07 Å². The van der Waals surface area contributed by atoms with Crippen molar-refractivity contribution in [2.75, 3.05) is 38.1 Å². The number of rotatable bonds is 5. The number of nitrogens with zero attached hydrogens (tertiary/aromatic N) is 3. The normalized spacial score (nSPS) is 15.7. The summed E-state index contributed by atoms with van der Waals surface area (Å²) < 4.78 is 0. The van der Waals surface area contributed by atoms with Gasteiger partial charge in [0.15, 0.2) is 0 Å². The molecule has 25 heavy (non-hydrogen) atoms. The highest BCUT2D eigenvalue weighted by Crippen LogP contribution is 2.19. The molecule has 0 atom stereocenters. The number of anilines is 1. The molecule has 5 nitrogen and oxygen atoms in total. The summed E-state index contributed by atoms with van der Waals surface area (Å²) >= 11 is 1.68. The third-order valence-corrected chi connectivity index (χ3v) is 5.25. The van der Waals surface area contributed by atoms with E-state index in [2.05, 4.69) is 40.1 Å². The van der Waals surface area contributed by atoms with Crippen LogP contribution in [0.1, 0.15) is 15.3 Å². The highest BCUT2D eigenvalue weighted by atomic mass is 32.1. The summed E-state index contributed by atoms with van der Waals surface area (Å²) in [6, 6.07) is 8.04. The maximum Gasteiger partial charge on any atom is 0.244 e. The van der Waals surface area contributed by atoms with E-state index in [-0.39, 0.29) is 5.91 Å². The summed E-state index contributed by atoms with van der Waals surface area (Å²) in [5, 5.41) is 2.97. The number of aryl methyl sites for hydroxylation is 1. The van der Waals surface area contributed by atoms with E-state index >= 15 is 0 Å². The van der Waals surface area contributed by atoms with Gasteiger partial charge in [0.25, 0.3) is 0 Å². The van der Waals surface area contributed by atoms with E-state index in [9.17, 15) is 4.79 Å². The smallest absolute Gasteiger partial charge is 0.244 e. The minimum Gasteiger partial charge on any atom is -0.354 e. The van der Waals surface area contributed by atoms with Crippen molar-refractivity contribution in [3.63, 3.8) is 0 Å². The molecule has 0 unspecified atom stereocenters. The number of pyridine rings is 1. The summed E-state index contributed by atoms with van der Waals surface area (Å²) in [6.07, 6.45) is 5.27. The predicted molar refractivity (Wildman–Crippen MR) is 104 cm³/mol. The number of nitrogens with one attached hydrogen (secondary N) is 1. The number of thiophene rings is 1. The maximum absolute atomic E-state index is 12.1. The number of carbonyl (C=O) groups excluding carboxylic acids is 1. The predicted octanol–water partition coefficient (Wildman–Crippen LogP) is 2.53. The second kappa shape index (κ2) is 8.27. The lowest BCUT2D eigenvalue weighted by molar-refractivity contribution is -0.116. The minimum atomic E-state index is -0.0840. The van der Waals surface area contributed by atoms with Crippen molar-refractivity contribution in [1.82, 2.24) is 15.2 Å². The van der Waals surface area contributed by atoms with E-state index in [1.165, 1.54) is 4.88 Å². The Labute approximate surface area is 153 Å². The number of hydrogen-bond acceptors (Lipinski definition) is 5. The standard InChI is InChI=1S/C19H24N4OS/c1-15-5-6-17(25-15)7-8-18(24)21-14-16-4-3-9-20-19(16)23-12-10-22(2)11-13-23/h3-9H,10-14H2,1-2H3,(H,21,24)/b8-7+. The van der Waals surface area contributed by atoms with Gasteiger partial charge in [0.1, 0.15) is 5.82 Å². The fourth-order valence-electron chi connectivity index (χ4n) is 2.81. The van der Waals surface area contributed by atoms with Crippen LogP contribution in [-0.2, 0) is 11.3 Å². The van der Waals surface area contributed by atoms with E-state index in [1.54, 1.807) is 17.4 Å². The number of piperazine rings is 1. The van der Waals surface area contributed by atoms with Crippen molar-refractivity contribution in [3.05, 3.63) is 51.9 Å². The molecule has 0 bridgehead atoms. The van der Waals surface area contributed by atoms with E-state index in [1.807, 2.05) is 30.5 Å². The molecule has 132 valence electrons. The molecular weight excluding hydrogens is 332 g/mol. The number of likely N-dealkylation sites (N-methyl/N-ethyl adjacent to an activating group) is 1.